The Hall–Kier alpha value is -2.66. The van der Waals surface area contributed by atoms with Crippen LogP contribution in [0, 0.1) is 0 Å². The van der Waals surface area contributed by atoms with Crippen LogP contribution in [0.5, 0.6) is 0 Å². The summed E-state index contributed by atoms with van der Waals surface area (Å²) in [5.74, 6) is -0.610. The summed E-state index contributed by atoms with van der Waals surface area (Å²) in [6.07, 6.45) is 58.3. The number of ether oxygens (including phenoxy) is 2. The third kappa shape index (κ3) is 42.0. The number of hydrogen-bond donors (Lipinski definition) is 1. The maximum Gasteiger partial charge on any atom is 0.306 e. The van der Waals surface area contributed by atoms with Crippen LogP contribution in [-0.2, 0) is 19.1 Å². The topological polar surface area (TPSA) is 72.8 Å². The van der Waals surface area contributed by atoms with Crippen molar-refractivity contribution in [3.8, 4) is 0 Å². The van der Waals surface area contributed by atoms with Crippen molar-refractivity contribution >= 4 is 11.9 Å². The highest BCUT2D eigenvalue weighted by molar-refractivity contribution is 5.70. The molecule has 0 heterocycles. The highest BCUT2D eigenvalue weighted by atomic mass is 16.6. The van der Waals surface area contributed by atoms with Crippen LogP contribution in [0.1, 0.15) is 200 Å². The van der Waals surface area contributed by atoms with E-state index in [1.165, 1.54) is 96.3 Å². The molecule has 5 nitrogen and oxygen atoms in total. The van der Waals surface area contributed by atoms with E-state index in [1.54, 1.807) is 0 Å². The molecule has 1 atom stereocenters. The molecule has 0 aromatic heterocycles. The van der Waals surface area contributed by atoms with Crippen molar-refractivity contribution in [3.05, 3.63) is 72.9 Å². The van der Waals surface area contributed by atoms with E-state index in [9.17, 15) is 14.7 Å². The molecule has 0 amide bonds. The van der Waals surface area contributed by atoms with Crippen LogP contribution >= 0.6 is 0 Å². The van der Waals surface area contributed by atoms with Crippen molar-refractivity contribution in [1.29, 1.82) is 0 Å². The van der Waals surface area contributed by atoms with E-state index in [0.717, 1.165) is 77.0 Å². The summed E-state index contributed by atoms with van der Waals surface area (Å²) < 4.78 is 10.6. The second-order valence-corrected chi connectivity index (χ2v) is 14.4. The quantitative estimate of drug-likeness (QED) is 0.0386. The molecule has 1 unspecified atom stereocenters. The van der Waals surface area contributed by atoms with Crippen LogP contribution in [0.3, 0.4) is 0 Å². The number of unbranched alkanes of at least 4 members (excludes halogenated alkanes) is 19. The molecule has 0 aromatic rings. The number of aliphatic hydroxyl groups is 1. The summed E-state index contributed by atoms with van der Waals surface area (Å²) in [5, 5.41) is 9.58. The summed E-state index contributed by atoms with van der Waals surface area (Å²) in [6.45, 7) is 4.00. The lowest BCUT2D eigenvalue weighted by Crippen LogP contribution is -2.28. The molecule has 304 valence electrons. The lowest BCUT2D eigenvalue weighted by molar-refractivity contribution is -0.161. The molecule has 0 aliphatic carbocycles. The minimum absolute atomic E-state index is 0.0751. The first-order chi connectivity index (χ1) is 26.1. The monoisotopic (exact) mass is 739 g/mol. The van der Waals surface area contributed by atoms with Crippen molar-refractivity contribution in [2.45, 2.75) is 206 Å². The van der Waals surface area contributed by atoms with E-state index in [1.807, 2.05) is 0 Å². The summed E-state index contributed by atoms with van der Waals surface area (Å²) in [5.41, 5.74) is 0. The van der Waals surface area contributed by atoms with Gasteiger partial charge in [-0.2, -0.15) is 0 Å². The van der Waals surface area contributed by atoms with Gasteiger partial charge >= 0.3 is 11.9 Å². The van der Waals surface area contributed by atoms with Crippen molar-refractivity contribution in [2.75, 3.05) is 13.2 Å². The molecule has 0 spiro atoms. The molecule has 0 bridgehead atoms. The first-order valence-electron chi connectivity index (χ1n) is 22.0. The maximum absolute atomic E-state index is 12.2. The van der Waals surface area contributed by atoms with E-state index >= 15 is 0 Å². The Labute approximate surface area is 327 Å². The molecule has 0 aliphatic heterocycles. The summed E-state index contributed by atoms with van der Waals surface area (Å²) in [6, 6.07) is 0. The van der Waals surface area contributed by atoms with Crippen molar-refractivity contribution in [1.82, 2.24) is 0 Å². The molecule has 0 fully saturated rings. The van der Waals surface area contributed by atoms with Crippen LogP contribution in [0.2, 0.25) is 0 Å². The van der Waals surface area contributed by atoms with Gasteiger partial charge in [-0.25, -0.2) is 0 Å². The molecule has 0 saturated heterocycles. The van der Waals surface area contributed by atoms with E-state index in [2.05, 4.69) is 86.8 Å². The normalized spacial score (nSPS) is 12.9. The molecular weight excluding hydrogens is 657 g/mol. The minimum atomic E-state index is -0.781. The highest BCUT2D eigenvalue weighted by Gasteiger charge is 2.16. The zero-order valence-corrected chi connectivity index (χ0v) is 34.5. The average Bonchev–Trinajstić information content (AvgIpc) is 3.16. The minimum Gasteiger partial charge on any atom is -0.462 e. The number of hydrogen-bond acceptors (Lipinski definition) is 5. The second-order valence-electron chi connectivity index (χ2n) is 14.4. The van der Waals surface area contributed by atoms with Crippen LogP contribution in [0.15, 0.2) is 72.9 Å². The predicted molar refractivity (Wildman–Crippen MR) is 228 cm³/mol. The summed E-state index contributed by atoms with van der Waals surface area (Å²) in [4.78, 5) is 24.3. The predicted octanol–water partition coefficient (Wildman–Crippen LogP) is 14.1. The molecule has 5 heteroatoms. The Morgan fingerprint density at radius 1 is 0.453 bits per heavy atom. The summed E-state index contributed by atoms with van der Waals surface area (Å²) >= 11 is 0. The largest absolute Gasteiger partial charge is 0.462 e. The maximum atomic E-state index is 12.2. The van der Waals surface area contributed by atoms with Gasteiger partial charge in [0, 0.05) is 12.8 Å². The molecular formula is C48H82O5. The van der Waals surface area contributed by atoms with Gasteiger partial charge < -0.3 is 14.6 Å². The zero-order chi connectivity index (χ0) is 38.6. The molecule has 0 aromatic carbocycles. The number of carbonyl (C=O) groups excluding carboxylic acids is 2. The average molecular weight is 739 g/mol. The van der Waals surface area contributed by atoms with Crippen molar-refractivity contribution in [3.63, 3.8) is 0 Å². The number of esters is 2. The molecule has 1 N–H and O–H groups in total. The second kappa shape index (κ2) is 43.7. The van der Waals surface area contributed by atoms with E-state index in [0.29, 0.717) is 12.8 Å². The first kappa shape index (κ1) is 50.3. The number of aliphatic hydroxyl groups excluding tert-OH is 1. The van der Waals surface area contributed by atoms with Gasteiger partial charge in [0.2, 0.25) is 0 Å². The third-order valence-corrected chi connectivity index (χ3v) is 9.23. The molecule has 0 rings (SSSR count). The number of carbonyl (C=O) groups is 2. The van der Waals surface area contributed by atoms with Gasteiger partial charge in [0.15, 0.2) is 6.10 Å². The van der Waals surface area contributed by atoms with Gasteiger partial charge in [-0.05, 0) is 83.5 Å². The number of rotatable bonds is 39. The summed E-state index contributed by atoms with van der Waals surface area (Å²) in [7, 11) is 0. The van der Waals surface area contributed by atoms with Crippen LogP contribution in [0.25, 0.3) is 0 Å². The fourth-order valence-electron chi connectivity index (χ4n) is 5.93. The third-order valence-electron chi connectivity index (χ3n) is 9.23. The first-order valence-corrected chi connectivity index (χ1v) is 22.0. The SMILES string of the molecule is CC/C=C\C/C=C\C/C=C\C/C=C\C/C=C\CCCCCCCCCCCC(=O)OC(CO)COC(=O)CCCCCCC/C=C\CCCCCCC. The Bertz CT molecular complexity index is 972. The lowest BCUT2D eigenvalue weighted by Gasteiger charge is -2.15. The van der Waals surface area contributed by atoms with E-state index in [-0.39, 0.29) is 25.2 Å². The number of allylic oxidation sites excluding steroid dienone is 12. The zero-order valence-electron chi connectivity index (χ0n) is 34.5. The Balaban J connectivity index is 3.57. The van der Waals surface area contributed by atoms with Gasteiger partial charge in [-0.15, -0.1) is 0 Å². The Morgan fingerprint density at radius 2 is 0.811 bits per heavy atom. The van der Waals surface area contributed by atoms with Gasteiger partial charge in [0.25, 0.3) is 0 Å². The van der Waals surface area contributed by atoms with Crippen LogP contribution in [0.4, 0.5) is 0 Å². The fraction of sp³-hybridized carbons (Fsp3) is 0.708. The van der Waals surface area contributed by atoms with Gasteiger partial charge in [0.1, 0.15) is 6.61 Å². The fourth-order valence-corrected chi connectivity index (χ4v) is 5.93. The van der Waals surface area contributed by atoms with Crippen LogP contribution < -0.4 is 0 Å². The van der Waals surface area contributed by atoms with Crippen molar-refractivity contribution < 1.29 is 24.2 Å². The van der Waals surface area contributed by atoms with Gasteiger partial charge in [-0.3, -0.25) is 9.59 Å². The lowest BCUT2D eigenvalue weighted by atomic mass is 10.1. The molecule has 0 radical (unpaired) electrons. The van der Waals surface area contributed by atoms with Crippen molar-refractivity contribution in [2.24, 2.45) is 0 Å². The van der Waals surface area contributed by atoms with Crippen LogP contribution in [-0.4, -0.2) is 36.4 Å². The standard InChI is InChI=1S/C48H82O5/c1-3-5-7-9-11-13-15-17-19-20-21-22-23-24-25-26-27-28-29-31-33-35-37-39-41-43-48(51)53-46(44-49)45-52-47(50)42-40-38-36-34-32-30-18-16-14-12-10-8-6-4-2/h5,7,11,13,16-19,21-22,24-25,46,49H,3-4,6,8-10,12,14-15,20,23,26-45H2,1-2H3/b7-5-,13-11-,18-16-,19-17-,22-21-,25-24-. The van der Waals surface area contributed by atoms with E-state index in [4.69, 9.17) is 9.47 Å². The molecule has 0 saturated carbocycles. The smallest absolute Gasteiger partial charge is 0.306 e. The van der Waals surface area contributed by atoms with Gasteiger partial charge in [-0.1, -0.05) is 177 Å². The Kier molecular flexibility index (Phi) is 41.5. The molecule has 0 aliphatic rings. The molecule has 53 heavy (non-hydrogen) atoms. The van der Waals surface area contributed by atoms with Gasteiger partial charge in [0.05, 0.1) is 6.61 Å². The highest BCUT2D eigenvalue weighted by Crippen LogP contribution is 2.13. The Morgan fingerprint density at radius 3 is 1.25 bits per heavy atom. The van der Waals surface area contributed by atoms with E-state index < -0.39 is 6.10 Å².